The monoisotopic (exact) mass is 479 g/mol. The second kappa shape index (κ2) is 8.58. The number of benzene rings is 2. The molecular weight excluding hydrogens is 453 g/mol. The lowest BCUT2D eigenvalue weighted by atomic mass is 9.81. The van der Waals surface area contributed by atoms with Gasteiger partial charge in [-0.15, -0.1) is 11.8 Å². The Morgan fingerprint density at radius 3 is 2.65 bits per heavy atom. The number of fused-ring (bicyclic) bond motifs is 3. The Bertz CT molecular complexity index is 1350. The lowest BCUT2D eigenvalue weighted by Crippen LogP contribution is -2.50. The zero-order valence-corrected chi connectivity index (χ0v) is 20.4. The number of methoxy groups -OCH3 is 1. The average Bonchev–Trinajstić information content (AvgIpc) is 2.97. The van der Waals surface area contributed by atoms with Gasteiger partial charge in [-0.3, -0.25) is 14.2 Å². The fraction of sp³-hybridized carbons (Fsp3) is 0.346. The third-order valence-corrected chi connectivity index (χ3v) is 7.91. The quantitative estimate of drug-likeness (QED) is 0.552. The predicted octanol–water partition coefficient (Wildman–Crippen LogP) is 4.54. The number of carbonyl (C=O) groups is 1. The van der Waals surface area contributed by atoms with Gasteiger partial charge in [-0.1, -0.05) is 24.3 Å². The molecule has 0 bridgehead atoms. The molecule has 2 aromatic carbocycles. The van der Waals surface area contributed by atoms with Gasteiger partial charge in [0, 0.05) is 34.7 Å². The Hall–Kier alpha value is -3.13. The Morgan fingerprint density at radius 1 is 1.15 bits per heavy atom. The van der Waals surface area contributed by atoms with Gasteiger partial charge in [-0.05, 0) is 55.7 Å². The molecule has 0 spiro atoms. The van der Waals surface area contributed by atoms with Gasteiger partial charge in [-0.2, -0.15) is 4.98 Å². The maximum atomic E-state index is 14.6. The first kappa shape index (κ1) is 22.7. The molecule has 5 rings (SSSR count). The highest BCUT2D eigenvalue weighted by Crippen LogP contribution is 2.48. The maximum Gasteiger partial charge on any atom is 0.300 e. The Morgan fingerprint density at radius 2 is 1.91 bits per heavy atom. The third kappa shape index (κ3) is 3.52. The van der Waals surface area contributed by atoms with Crippen molar-refractivity contribution in [2.45, 2.75) is 49.4 Å². The fourth-order valence-corrected chi connectivity index (χ4v) is 6.21. The van der Waals surface area contributed by atoms with Gasteiger partial charge >= 0.3 is 0 Å². The van der Waals surface area contributed by atoms with Crippen LogP contribution in [-0.4, -0.2) is 40.1 Å². The van der Waals surface area contributed by atoms with E-state index in [0.717, 1.165) is 27.3 Å². The van der Waals surface area contributed by atoms with Gasteiger partial charge < -0.3 is 9.64 Å². The number of carbonyl (C=O) groups excluding carboxylic acids is 1. The van der Waals surface area contributed by atoms with Crippen molar-refractivity contribution >= 4 is 17.7 Å². The Labute approximate surface area is 201 Å². The first-order chi connectivity index (χ1) is 16.3. The lowest BCUT2D eigenvalue weighted by Gasteiger charge is -2.42. The van der Waals surface area contributed by atoms with Crippen LogP contribution in [0.2, 0.25) is 0 Å². The van der Waals surface area contributed by atoms with Crippen LogP contribution in [0, 0.1) is 12.7 Å². The molecular formula is C26H26FN3O3S. The van der Waals surface area contributed by atoms with Gasteiger partial charge in [0.15, 0.2) is 0 Å². The zero-order valence-electron chi connectivity index (χ0n) is 19.5. The first-order valence-electron chi connectivity index (χ1n) is 11.3. The number of rotatable bonds is 3. The summed E-state index contributed by atoms with van der Waals surface area (Å²) in [5.41, 5.74) is 3.19. The van der Waals surface area contributed by atoms with E-state index in [9.17, 15) is 14.0 Å². The number of hydrogen-bond acceptors (Lipinski definition) is 5. The predicted molar refractivity (Wildman–Crippen MR) is 129 cm³/mol. The summed E-state index contributed by atoms with van der Waals surface area (Å²) in [6, 6.07) is 12.7. The van der Waals surface area contributed by atoms with Crippen LogP contribution in [0.5, 0.6) is 6.01 Å². The average molecular weight is 480 g/mol. The number of thioether (sulfide) groups is 1. The van der Waals surface area contributed by atoms with Crippen LogP contribution in [-0.2, 0) is 5.75 Å². The number of ether oxygens (including phenoxy) is 1. The van der Waals surface area contributed by atoms with Crippen molar-refractivity contribution in [3.8, 4) is 6.01 Å². The summed E-state index contributed by atoms with van der Waals surface area (Å²) in [4.78, 5) is 33.1. The minimum atomic E-state index is -0.482. The summed E-state index contributed by atoms with van der Waals surface area (Å²) >= 11 is 1.68. The van der Waals surface area contributed by atoms with E-state index >= 15 is 0 Å². The first-order valence-corrected chi connectivity index (χ1v) is 12.3. The van der Waals surface area contributed by atoms with E-state index in [1.807, 2.05) is 32.0 Å². The molecule has 8 heteroatoms. The Balaban J connectivity index is 1.85. The molecule has 176 valence electrons. The molecule has 0 saturated heterocycles. The summed E-state index contributed by atoms with van der Waals surface area (Å²) in [6.45, 7) is 5.93. The minimum absolute atomic E-state index is 0.0835. The molecule has 34 heavy (non-hydrogen) atoms. The molecule has 0 saturated carbocycles. The van der Waals surface area contributed by atoms with Crippen LogP contribution in [0.4, 0.5) is 4.39 Å². The SMILES string of the molecule is COc1nc(=O)c(C)c2n1C(C1c3ccccc3CSc3ccc(F)cc31)CN(C(C)C)C2=O. The van der Waals surface area contributed by atoms with E-state index in [1.54, 1.807) is 34.2 Å². The van der Waals surface area contributed by atoms with Crippen LogP contribution < -0.4 is 10.3 Å². The molecule has 2 unspecified atom stereocenters. The standard InChI is InChI=1S/C26H26FN3O3S/c1-14(2)29-12-20(30-23(25(29)32)15(3)24(31)28-26(30)33-4)22-18-8-6-5-7-16(18)13-34-21-10-9-17(27)11-19(21)22/h5-11,14,20,22H,12-13H2,1-4H3. The largest absolute Gasteiger partial charge is 0.468 e. The van der Waals surface area contributed by atoms with Gasteiger partial charge in [0.2, 0.25) is 0 Å². The number of amides is 1. The van der Waals surface area contributed by atoms with Crippen molar-refractivity contribution in [3.63, 3.8) is 0 Å². The van der Waals surface area contributed by atoms with Crippen molar-refractivity contribution in [2.24, 2.45) is 0 Å². The van der Waals surface area contributed by atoms with Gasteiger partial charge in [-0.25, -0.2) is 4.39 Å². The van der Waals surface area contributed by atoms with E-state index in [-0.39, 0.29) is 47.0 Å². The molecule has 6 nitrogen and oxygen atoms in total. The second-order valence-electron chi connectivity index (χ2n) is 9.01. The third-order valence-electron chi connectivity index (χ3n) is 6.77. The van der Waals surface area contributed by atoms with Crippen LogP contribution in [0.1, 0.15) is 58.5 Å². The van der Waals surface area contributed by atoms with Crippen molar-refractivity contribution < 1.29 is 13.9 Å². The smallest absolute Gasteiger partial charge is 0.300 e. The summed E-state index contributed by atoms with van der Waals surface area (Å²) in [7, 11) is 1.45. The fourth-order valence-electron chi connectivity index (χ4n) is 5.12. The summed E-state index contributed by atoms with van der Waals surface area (Å²) in [5.74, 6) is -0.0475. The molecule has 0 fully saturated rings. The molecule has 3 heterocycles. The molecule has 2 aliphatic rings. The zero-order chi connectivity index (χ0) is 24.1. The van der Waals surface area contributed by atoms with Crippen molar-refractivity contribution in [2.75, 3.05) is 13.7 Å². The topological polar surface area (TPSA) is 64.4 Å². The van der Waals surface area contributed by atoms with E-state index in [0.29, 0.717) is 6.54 Å². The summed E-state index contributed by atoms with van der Waals surface area (Å²) in [6.07, 6.45) is 0. The molecule has 2 aliphatic heterocycles. The van der Waals surface area contributed by atoms with Crippen LogP contribution in [0.15, 0.2) is 52.2 Å². The molecule has 0 N–H and O–H groups in total. The molecule has 1 amide bonds. The van der Waals surface area contributed by atoms with E-state index in [2.05, 4.69) is 17.1 Å². The highest BCUT2D eigenvalue weighted by molar-refractivity contribution is 7.98. The van der Waals surface area contributed by atoms with Gasteiger partial charge in [0.1, 0.15) is 11.5 Å². The molecule has 2 atom stereocenters. The number of nitrogens with zero attached hydrogens (tertiary/aromatic N) is 3. The molecule has 3 aromatic rings. The van der Waals surface area contributed by atoms with E-state index in [4.69, 9.17) is 4.74 Å². The summed E-state index contributed by atoms with van der Waals surface area (Å²) < 4.78 is 21.9. The van der Waals surface area contributed by atoms with Crippen LogP contribution >= 0.6 is 11.8 Å². The lowest BCUT2D eigenvalue weighted by molar-refractivity contribution is 0.0577. The van der Waals surface area contributed by atoms with Crippen molar-refractivity contribution in [3.05, 3.63) is 86.6 Å². The highest BCUT2D eigenvalue weighted by atomic mass is 32.2. The number of halogens is 1. The number of aromatic nitrogens is 2. The van der Waals surface area contributed by atoms with E-state index in [1.165, 1.54) is 13.2 Å². The van der Waals surface area contributed by atoms with Crippen LogP contribution in [0.25, 0.3) is 0 Å². The summed E-state index contributed by atoms with van der Waals surface area (Å²) in [5, 5.41) is 0. The second-order valence-corrected chi connectivity index (χ2v) is 10.0. The maximum absolute atomic E-state index is 14.6. The van der Waals surface area contributed by atoms with Gasteiger partial charge in [0.05, 0.1) is 13.2 Å². The molecule has 0 radical (unpaired) electrons. The normalized spacial score (nSPS) is 19.4. The Kier molecular flexibility index (Phi) is 5.72. The highest BCUT2D eigenvalue weighted by Gasteiger charge is 2.42. The molecule has 1 aromatic heterocycles. The number of hydrogen-bond donors (Lipinski definition) is 0. The molecule has 0 aliphatic carbocycles. The van der Waals surface area contributed by atoms with Crippen molar-refractivity contribution in [1.82, 2.24) is 14.5 Å². The van der Waals surface area contributed by atoms with Gasteiger partial charge in [0.25, 0.3) is 17.5 Å². The van der Waals surface area contributed by atoms with Crippen LogP contribution in [0.3, 0.4) is 0 Å². The van der Waals surface area contributed by atoms with Crippen molar-refractivity contribution in [1.29, 1.82) is 0 Å². The minimum Gasteiger partial charge on any atom is -0.468 e. The van der Waals surface area contributed by atoms with E-state index < -0.39 is 5.56 Å².